The van der Waals surface area contributed by atoms with Gasteiger partial charge < -0.3 is 15.8 Å². The minimum absolute atomic E-state index is 0.0481. The normalized spacial score (nSPS) is 18.4. The highest BCUT2D eigenvalue weighted by molar-refractivity contribution is 6.30. The number of halogens is 1. The van der Waals surface area contributed by atoms with Gasteiger partial charge in [0.1, 0.15) is 5.54 Å². The van der Waals surface area contributed by atoms with E-state index in [-0.39, 0.29) is 30.8 Å². The smallest absolute Gasteiger partial charge is 0.416 e. The number of rotatable bonds is 12. The first-order valence-electron chi connectivity index (χ1n) is 13.7. The molecule has 10 heteroatoms. The number of nitrogens with one attached hydrogen (secondary N) is 2. The van der Waals surface area contributed by atoms with Crippen molar-refractivity contribution >= 4 is 35.5 Å². The number of guanidine groups is 1. The molecule has 0 unspecified atom stereocenters. The molecule has 0 saturated carbocycles. The second-order valence-electron chi connectivity index (χ2n) is 10.6. The molecule has 0 spiro atoms. The van der Waals surface area contributed by atoms with Crippen LogP contribution in [0.1, 0.15) is 57.6 Å². The molecule has 1 fully saturated rings. The lowest BCUT2D eigenvalue weighted by Gasteiger charge is -2.31. The van der Waals surface area contributed by atoms with E-state index >= 15 is 0 Å². The van der Waals surface area contributed by atoms with Gasteiger partial charge in [0.05, 0.1) is 13.2 Å². The van der Waals surface area contributed by atoms with Crippen molar-refractivity contribution in [2.24, 2.45) is 11.7 Å². The molecule has 1 aliphatic rings. The van der Waals surface area contributed by atoms with E-state index in [0.717, 1.165) is 16.0 Å². The van der Waals surface area contributed by atoms with E-state index in [9.17, 15) is 14.4 Å². The van der Waals surface area contributed by atoms with Crippen LogP contribution in [0, 0.1) is 11.3 Å². The molecule has 0 aliphatic carbocycles. The number of nitrogens with zero attached hydrogens (tertiary/aromatic N) is 2. The van der Waals surface area contributed by atoms with Crippen molar-refractivity contribution in [1.29, 1.82) is 5.41 Å². The topological polar surface area (TPSA) is 129 Å². The molecule has 1 heterocycles. The largest absolute Gasteiger partial charge is 0.452 e. The van der Waals surface area contributed by atoms with Gasteiger partial charge in [-0.3, -0.25) is 19.9 Å². The summed E-state index contributed by atoms with van der Waals surface area (Å²) < 4.78 is 4.94. The van der Waals surface area contributed by atoms with Gasteiger partial charge in [0.2, 0.25) is 5.91 Å². The van der Waals surface area contributed by atoms with Crippen LogP contribution in [-0.4, -0.2) is 59.4 Å². The highest BCUT2D eigenvalue weighted by atomic mass is 35.5. The number of nitrogens with two attached hydrogens (primary N) is 1. The molecule has 0 bridgehead atoms. The van der Waals surface area contributed by atoms with E-state index in [4.69, 9.17) is 27.5 Å². The SMILES string of the molecule is CC[C@@H](CCCN1C(=N)N[C@](CC(C)C)(c2ccccc2)C1=O)N(C(=O)OC)C(=O)[C@@H](N)Cc1cccc(Cl)c1. The van der Waals surface area contributed by atoms with Crippen molar-refractivity contribution < 1.29 is 19.1 Å². The zero-order chi connectivity index (χ0) is 29.4. The van der Waals surface area contributed by atoms with Crippen LogP contribution in [0.15, 0.2) is 54.6 Å². The molecule has 3 rings (SSSR count). The maximum atomic E-state index is 13.8. The average molecular weight is 570 g/mol. The Bertz CT molecular complexity index is 1210. The summed E-state index contributed by atoms with van der Waals surface area (Å²) in [4.78, 5) is 42.4. The van der Waals surface area contributed by atoms with Crippen molar-refractivity contribution in [3.05, 3.63) is 70.7 Å². The van der Waals surface area contributed by atoms with E-state index in [2.05, 4.69) is 5.32 Å². The van der Waals surface area contributed by atoms with Crippen LogP contribution in [0.4, 0.5) is 4.79 Å². The van der Waals surface area contributed by atoms with Gasteiger partial charge in [-0.1, -0.05) is 74.8 Å². The number of ether oxygens (including phenoxy) is 1. The number of methoxy groups -OCH3 is 1. The molecule has 0 radical (unpaired) electrons. The van der Waals surface area contributed by atoms with Crippen LogP contribution < -0.4 is 11.1 Å². The van der Waals surface area contributed by atoms with Crippen molar-refractivity contribution in [1.82, 2.24) is 15.1 Å². The molecule has 216 valence electrons. The Labute approximate surface area is 241 Å². The summed E-state index contributed by atoms with van der Waals surface area (Å²) in [5.74, 6) is -0.447. The summed E-state index contributed by atoms with van der Waals surface area (Å²) in [7, 11) is 1.23. The first-order chi connectivity index (χ1) is 19.0. The van der Waals surface area contributed by atoms with E-state index in [1.54, 1.807) is 18.2 Å². The van der Waals surface area contributed by atoms with Crippen LogP contribution in [0.25, 0.3) is 0 Å². The van der Waals surface area contributed by atoms with Crippen LogP contribution in [0.2, 0.25) is 5.02 Å². The van der Waals surface area contributed by atoms with Gasteiger partial charge in [0.15, 0.2) is 5.96 Å². The standard InChI is InChI=1S/C30H40ClN5O4/c1-5-24(36(29(39)40-4)26(37)25(32)18-21-11-9-14-23(31)17-21)15-10-16-35-27(38)30(19-20(2)3,34-28(35)33)22-12-7-6-8-13-22/h6-9,11-14,17,20,24-25H,5,10,15-16,18-19,32H2,1-4H3,(H2,33,34)/t24-,25-,30+/m0/s1. The van der Waals surface area contributed by atoms with Crippen LogP contribution >= 0.6 is 11.6 Å². The maximum Gasteiger partial charge on any atom is 0.416 e. The Hall–Kier alpha value is -3.43. The third-order valence-corrected chi connectivity index (χ3v) is 7.45. The maximum absolute atomic E-state index is 13.8. The predicted molar refractivity (Wildman–Crippen MR) is 156 cm³/mol. The molecular weight excluding hydrogens is 530 g/mol. The van der Waals surface area contributed by atoms with E-state index < -0.39 is 29.6 Å². The lowest BCUT2D eigenvalue weighted by atomic mass is 9.82. The summed E-state index contributed by atoms with van der Waals surface area (Å²) in [6.07, 6.45) is 1.35. The van der Waals surface area contributed by atoms with Gasteiger partial charge in [-0.2, -0.15) is 0 Å². The monoisotopic (exact) mass is 569 g/mol. The Morgan fingerprint density at radius 2 is 1.88 bits per heavy atom. The molecule has 4 N–H and O–H groups in total. The second kappa shape index (κ2) is 13.8. The third-order valence-electron chi connectivity index (χ3n) is 7.22. The van der Waals surface area contributed by atoms with Gasteiger partial charge in [0, 0.05) is 17.6 Å². The summed E-state index contributed by atoms with van der Waals surface area (Å²) in [5, 5.41) is 12.3. The fourth-order valence-corrected chi connectivity index (χ4v) is 5.57. The minimum Gasteiger partial charge on any atom is -0.452 e. The fraction of sp³-hybridized carbons (Fsp3) is 0.467. The number of hydrogen-bond acceptors (Lipinski definition) is 6. The van der Waals surface area contributed by atoms with Crippen molar-refractivity contribution in [2.75, 3.05) is 13.7 Å². The minimum atomic E-state index is -1.00. The highest BCUT2D eigenvalue weighted by Gasteiger charge is 2.50. The predicted octanol–water partition coefficient (Wildman–Crippen LogP) is 4.67. The molecular formula is C30H40ClN5O4. The first-order valence-corrected chi connectivity index (χ1v) is 14.1. The van der Waals surface area contributed by atoms with Gasteiger partial charge in [-0.15, -0.1) is 0 Å². The molecule has 3 atom stereocenters. The van der Waals surface area contributed by atoms with E-state index in [0.29, 0.717) is 30.7 Å². The lowest BCUT2D eigenvalue weighted by Crippen LogP contribution is -2.52. The average Bonchev–Trinajstić information content (AvgIpc) is 3.16. The van der Waals surface area contributed by atoms with Crippen molar-refractivity contribution in [2.45, 2.75) is 70.5 Å². The Balaban J connectivity index is 1.72. The molecule has 1 saturated heterocycles. The van der Waals surface area contributed by atoms with Gasteiger partial charge in [0.25, 0.3) is 5.91 Å². The summed E-state index contributed by atoms with van der Waals surface area (Å²) >= 11 is 6.07. The number of carbonyl (C=O) groups excluding carboxylic acids is 3. The Kier molecular flexibility index (Phi) is 10.7. The quantitative estimate of drug-likeness (QED) is 0.341. The third kappa shape index (κ3) is 7.01. The van der Waals surface area contributed by atoms with E-state index in [1.807, 2.05) is 57.2 Å². The van der Waals surface area contributed by atoms with Crippen molar-refractivity contribution in [3.8, 4) is 0 Å². The summed E-state index contributed by atoms with van der Waals surface area (Å²) in [6, 6.07) is 15.1. The zero-order valence-electron chi connectivity index (χ0n) is 23.7. The number of hydrogen-bond donors (Lipinski definition) is 3. The number of amides is 3. The summed E-state index contributed by atoms with van der Waals surface area (Å²) in [5.41, 5.74) is 6.85. The highest BCUT2D eigenvalue weighted by Crippen LogP contribution is 2.35. The lowest BCUT2D eigenvalue weighted by molar-refractivity contribution is -0.134. The first kappa shape index (κ1) is 31.1. The molecule has 1 aliphatic heterocycles. The molecule has 9 nitrogen and oxygen atoms in total. The second-order valence-corrected chi connectivity index (χ2v) is 11.1. The van der Waals surface area contributed by atoms with E-state index in [1.165, 1.54) is 12.0 Å². The Morgan fingerprint density at radius 3 is 2.48 bits per heavy atom. The molecule has 3 amide bonds. The van der Waals surface area contributed by atoms with Gasteiger partial charge in [-0.25, -0.2) is 9.69 Å². The fourth-order valence-electron chi connectivity index (χ4n) is 5.36. The van der Waals surface area contributed by atoms with Gasteiger partial charge in [-0.05, 0) is 61.3 Å². The number of carbonyl (C=O) groups is 3. The van der Waals surface area contributed by atoms with Crippen molar-refractivity contribution in [3.63, 3.8) is 0 Å². The molecule has 0 aromatic heterocycles. The summed E-state index contributed by atoms with van der Waals surface area (Å²) in [6.45, 7) is 6.25. The number of imide groups is 1. The van der Waals surface area contributed by atoms with Gasteiger partial charge >= 0.3 is 6.09 Å². The van der Waals surface area contributed by atoms with Crippen LogP contribution in [-0.2, 0) is 26.3 Å². The Morgan fingerprint density at radius 1 is 1.18 bits per heavy atom. The number of benzene rings is 2. The zero-order valence-corrected chi connectivity index (χ0v) is 24.4. The molecule has 2 aromatic carbocycles. The van der Waals surface area contributed by atoms with Crippen LogP contribution in [0.3, 0.4) is 0 Å². The molecule has 2 aromatic rings. The van der Waals surface area contributed by atoms with Crippen LogP contribution in [0.5, 0.6) is 0 Å². The molecule has 40 heavy (non-hydrogen) atoms.